The van der Waals surface area contributed by atoms with Crippen molar-refractivity contribution in [2.75, 3.05) is 0 Å². The summed E-state index contributed by atoms with van der Waals surface area (Å²) in [5, 5.41) is 0. The Hall–Kier alpha value is -1.99. The van der Waals surface area contributed by atoms with Crippen molar-refractivity contribution < 1.29 is 12.8 Å². The van der Waals surface area contributed by atoms with Crippen LogP contribution in [-0.4, -0.2) is 13.0 Å². The summed E-state index contributed by atoms with van der Waals surface area (Å²) in [4.78, 5) is 0.480. The Balaban J connectivity index is 2.25. The summed E-state index contributed by atoms with van der Waals surface area (Å²) >= 11 is 1.16. The van der Waals surface area contributed by atoms with Gasteiger partial charge in [-0.1, -0.05) is 29.5 Å². The molecule has 0 aliphatic carbocycles. The number of fused-ring (bicyclic) bond motifs is 1. The van der Waals surface area contributed by atoms with Gasteiger partial charge >= 0.3 is 0 Å². The molecule has 4 nitrogen and oxygen atoms in total. The van der Waals surface area contributed by atoms with Crippen molar-refractivity contribution in [1.82, 2.24) is 4.57 Å². The Morgan fingerprint density at radius 2 is 1.91 bits per heavy atom. The van der Waals surface area contributed by atoms with Gasteiger partial charge < -0.3 is 4.57 Å². The Morgan fingerprint density at radius 1 is 1.18 bits per heavy atom. The molecule has 0 saturated heterocycles. The summed E-state index contributed by atoms with van der Waals surface area (Å²) in [7, 11) is -3.78. The molecule has 0 saturated carbocycles. The second-order valence-electron chi connectivity index (χ2n) is 4.62. The van der Waals surface area contributed by atoms with Crippen LogP contribution in [0.25, 0.3) is 10.2 Å². The Morgan fingerprint density at radius 3 is 2.59 bits per heavy atom. The summed E-state index contributed by atoms with van der Waals surface area (Å²) in [6.07, 6.45) is 0. The molecule has 0 atom stereocenters. The number of thiazole rings is 1. The van der Waals surface area contributed by atoms with Gasteiger partial charge in [0.1, 0.15) is 5.82 Å². The summed E-state index contributed by atoms with van der Waals surface area (Å²) in [6, 6.07) is 12.4. The fourth-order valence-corrected chi connectivity index (χ4v) is 4.51. The van der Waals surface area contributed by atoms with Crippen molar-refractivity contribution in [2.24, 2.45) is 4.40 Å². The molecule has 2 aromatic carbocycles. The predicted molar refractivity (Wildman–Crippen MR) is 84.6 cm³/mol. The number of aromatic nitrogens is 1. The van der Waals surface area contributed by atoms with Gasteiger partial charge in [0.05, 0.1) is 15.1 Å². The molecule has 1 aromatic heterocycles. The molecule has 3 aromatic rings. The van der Waals surface area contributed by atoms with Gasteiger partial charge in [-0.3, -0.25) is 0 Å². The van der Waals surface area contributed by atoms with E-state index in [0.29, 0.717) is 16.0 Å². The molecule has 3 rings (SSSR count). The topological polar surface area (TPSA) is 51.4 Å². The molecular formula is C15H13FN2O2S2. The van der Waals surface area contributed by atoms with Crippen LogP contribution in [0.3, 0.4) is 0 Å². The molecule has 22 heavy (non-hydrogen) atoms. The highest BCUT2D eigenvalue weighted by atomic mass is 32.2. The van der Waals surface area contributed by atoms with E-state index in [0.717, 1.165) is 16.9 Å². The first kappa shape index (κ1) is 14.9. The molecular weight excluding hydrogens is 323 g/mol. The van der Waals surface area contributed by atoms with Crippen LogP contribution in [0.1, 0.15) is 6.92 Å². The number of rotatable bonds is 3. The SMILES string of the molecule is CCn1c(=NS(=O)(=O)c2ccccc2)sc2cc(F)ccc21. The molecule has 0 fully saturated rings. The number of benzene rings is 2. The van der Waals surface area contributed by atoms with E-state index in [4.69, 9.17) is 0 Å². The van der Waals surface area contributed by atoms with Crippen molar-refractivity contribution in [3.05, 3.63) is 59.1 Å². The average molecular weight is 336 g/mol. The molecule has 7 heteroatoms. The third-order valence-electron chi connectivity index (χ3n) is 3.20. The molecule has 0 amide bonds. The maximum absolute atomic E-state index is 13.3. The van der Waals surface area contributed by atoms with Gasteiger partial charge in [-0.15, -0.1) is 4.40 Å². The summed E-state index contributed by atoms with van der Waals surface area (Å²) < 4.78 is 44.4. The molecule has 0 radical (unpaired) electrons. The minimum atomic E-state index is -3.78. The van der Waals surface area contributed by atoms with Gasteiger partial charge in [0, 0.05) is 6.54 Å². The molecule has 0 spiro atoms. The highest BCUT2D eigenvalue weighted by molar-refractivity contribution is 7.90. The summed E-state index contributed by atoms with van der Waals surface area (Å²) in [6.45, 7) is 2.44. The first-order valence-electron chi connectivity index (χ1n) is 6.66. The van der Waals surface area contributed by atoms with E-state index in [1.807, 2.05) is 6.92 Å². The van der Waals surface area contributed by atoms with E-state index in [2.05, 4.69) is 4.40 Å². The summed E-state index contributed by atoms with van der Waals surface area (Å²) in [5.41, 5.74) is 0.774. The second kappa shape index (κ2) is 5.66. The van der Waals surface area contributed by atoms with Crippen LogP contribution in [0.5, 0.6) is 0 Å². The number of hydrogen-bond donors (Lipinski definition) is 0. The molecule has 0 unspecified atom stereocenters. The zero-order valence-electron chi connectivity index (χ0n) is 11.7. The van der Waals surface area contributed by atoms with Crippen LogP contribution < -0.4 is 4.80 Å². The number of hydrogen-bond acceptors (Lipinski definition) is 3. The van der Waals surface area contributed by atoms with Crippen LogP contribution in [0.4, 0.5) is 4.39 Å². The highest BCUT2D eigenvalue weighted by Crippen LogP contribution is 2.19. The van der Waals surface area contributed by atoms with Crippen molar-refractivity contribution in [3.63, 3.8) is 0 Å². The lowest BCUT2D eigenvalue weighted by molar-refractivity contribution is 0.595. The normalized spacial score (nSPS) is 12.9. The van der Waals surface area contributed by atoms with Gasteiger partial charge in [0.15, 0.2) is 0 Å². The van der Waals surface area contributed by atoms with Gasteiger partial charge in [-0.25, -0.2) is 4.39 Å². The van der Waals surface area contributed by atoms with E-state index < -0.39 is 10.0 Å². The standard InChI is InChI=1S/C15H13FN2O2S2/c1-2-18-13-9-8-11(16)10-14(13)21-15(18)17-22(19,20)12-6-4-3-5-7-12/h3-10H,2H2,1H3. The van der Waals surface area contributed by atoms with Crippen LogP contribution in [0.15, 0.2) is 57.8 Å². The third kappa shape index (κ3) is 2.69. The number of aryl methyl sites for hydroxylation is 1. The average Bonchev–Trinajstić information content (AvgIpc) is 2.83. The zero-order chi connectivity index (χ0) is 15.7. The maximum Gasteiger partial charge on any atom is 0.285 e. The molecule has 0 aliphatic heterocycles. The lowest BCUT2D eigenvalue weighted by atomic mass is 10.3. The lowest BCUT2D eigenvalue weighted by Crippen LogP contribution is -2.16. The van der Waals surface area contributed by atoms with E-state index >= 15 is 0 Å². The van der Waals surface area contributed by atoms with Gasteiger partial charge in [0.25, 0.3) is 10.0 Å². The number of sulfonamides is 1. The van der Waals surface area contributed by atoms with E-state index in [9.17, 15) is 12.8 Å². The zero-order valence-corrected chi connectivity index (χ0v) is 13.4. The van der Waals surface area contributed by atoms with Crippen molar-refractivity contribution >= 4 is 31.6 Å². The van der Waals surface area contributed by atoms with E-state index in [1.165, 1.54) is 24.3 Å². The Bertz CT molecular complexity index is 989. The third-order valence-corrected chi connectivity index (χ3v) is 5.64. The monoisotopic (exact) mass is 336 g/mol. The number of halogens is 1. The minimum absolute atomic E-state index is 0.140. The molecule has 114 valence electrons. The van der Waals surface area contributed by atoms with Crippen LogP contribution in [-0.2, 0) is 16.6 Å². The predicted octanol–water partition coefficient (Wildman–Crippen LogP) is 3.15. The van der Waals surface area contributed by atoms with Crippen molar-refractivity contribution in [1.29, 1.82) is 0 Å². The molecule has 0 aliphatic rings. The summed E-state index contributed by atoms with van der Waals surface area (Å²) in [5.74, 6) is -0.352. The lowest BCUT2D eigenvalue weighted by Gasteiger charge is -2.01. The first-order chi connectivity index (χ1) is 10.5. The second-order valence-corrected chi connectivity index (χ2v) is 7.23. The fourth-order valence-electron chi connectivity index (χ4n) is 2.17. The van der Waals surface area contributed by atoms with Crippen molar-refractivity contribution in [3.8, 4) is 0 Å². The van der Waals surface area contributed by atoms with Crippen LogP contribution >= 0.6 is 11.3 Å². The fraction of sp³-hybridized carbons (Fsp3) is 0.133. The van der Waals surface area contributed by atoms with Gasteiger partial charge in [-0.05, 0) is 37.3 Å². The van der Waals surface area contributed by atoms with Gasteiger partial charge in [-0.2, -0.15) is 8.42 Å². The molecule has 0 N–H and O–H groups in total. The highest BCUT2D eigenvalue weighted by Gasteiger charge is 2.14. The minimum Gasteiger partial charge on any atom is -0.316 e. The first-order valence-corrected chi connectivity index (χ1v) is 8.92. The quantitative estimate of drug-likeness (QED) is 0.738. The van der Waals surface area contributed by atoms with Crippen LogP contribution in [0.2, 0.25) is 0 Å². The largest absolute Gasteiger partial charge is 0.316 e. The van der Waals surface area contributed by atoms with Crippen molar-refractivity contribution in [2.45, 2.75) is 18.4 Å². The Kier molecular flexibility index (Phi) is 3.84. The van der Waals surface area contributed by atoms with E-state index in [1.54, 1.807) is 28.8 Å². The smallest absolute Gasteiger partial charge is 0.285 e. The number of nitrogens with zero attached hydrogens (tertiary/aromatic N) is 2. The Labute approximate surface area is 131 Å². The molecule has 0 bridgehead atoms. The molecule has 1 heterocycles. The van der Waals surface area contributed by atoms with Gasteiger partial charge in [0.2, 0.25) is 4.80 Å². The maximum atomic E-state index is 13.3. The van der Waals surface area contributed by atoms with E-state index in [-0.39, 0.29) is 10.7 Å². The van der Waals surface area contributed by atoms with Crippen LogP contribution in [0, 0.1) is 5.82 Å².